The fourth-order valence-corrected chi connectivity index (χ4v) is 4.93. The van der Waals surface area contributed by atoms with Crippen LogP contribution in [0.1, 0.15) is 23.6 Å². The SMILES string of the molecule is Cc1cc(C)c(S(=O)(=O)NC(C)C(=O)Nc2c(Cl)cccc2Cl)c(C)c1. The minimum Gasteiger partial charge on any atom is -0.322 e. The Morgan fingerprint density at radius 1 is 1.04 bits per heavy atom. The van der Waals surface area contributed by atoms with Crippen molar-refractivity contribution < 1.29 is 13.2 Å². The molecule has 140 valence electrons. The van der Waals surface area contributed by atoms with Gasteiger partial charge in [-0.2, -0.15) is 4.72 Å². The number of hydrogen-bond donors (Lipinski definition) is 2. The predicted molar refractivity (Wildman–Crippen MR) is 106 cm³/mol. The first-order chi connectivity index (χ1) is 12.0. The summed E-state index contributed by atoms with van der Waals surface area (Å²) in [6.45, 7) is 6.80. The molecule has 0 heterocycles. The lowest BCUT2D eigenvalue weighted by molar-refractivity contribution is -0.117. The van der Waals surface area contributed by atoms with E-state index in [9.17, 15) is 13.2 Å². The Hall–Kier alpha value is -1.60. The van der Waals surface area contributed by atoms with Crippen molar-refractivity contribution in [2.75, 3.05) is 5.32 Å². The number of amides is 1. The Morgan fingerprint density at radius 2 is 1.54 bits per heavy atom. The first-order valence-corrected chi connectivity index (χ1v) is 10.1. The third-order valence-electron chi connectivity index (χ3n) is 3.81. The summed E-state index contributed by atoms with van der Waals surface area (Å²) in [4.78, 5) is 12.6. The monoisotopic (exact) mass is 414 g/mol. The average Bonchev–Trinajstić information content (AvgIpc) is 2.48. The molecule has 2 N–H and O–H groups in total. The minimum atomic E-state index is -3.87. The second kappa shape index (κ2) is 7.96. The molecule has 1 atom stereocenters. The van der Waals surface area contributed by atoms with Gasteiger partial charge in [-0.05, 0) is 51.0 Å². The molecule has 0 saturated carbocycles. The molecule has 0 aromatic heterocycles. The Kier molecular flexibility index (Phi) is 6.34. The van der Waals surface area contributed by atoms with Crippen LogP contribution in [0.4, 0.5) is 5.69 Å². The molecule has 5 nitrogen and oxygen atoms in total. The van der Waals surface area contributed by atoms with Crippen LogP contribution in [0, 0.1) is 20.8 Å². The number of aryl methyl sites for hydroxylation is 3. The van der Waals surface area contributed by atoms with E-state index < -0.39 is 22.0 Å². The van der Waals surface area contributed by atoms with E-state index in [1.165, 1.54) is 6.92 Å². The predicted octanol–water partition coefficient (Wildman–Crippen LogP) is 4.22. The van der Waals surface area contributed by atoms with E-state index in [-0.39, 0.29) is 20.6 Å². The van der Waals surface area contributed by atoms with Gasteiger partial charge in [0.2, 0.25) is 15.9 Å². The molecule has 0 fully saturated rings. The molecule has 2 aromatic carbocycles. The van der Waals surface area contributed by atoms with Gasteiger partial charge in [0.25, 0.3) is 0 Å². The number of para-hydroxylation sites is 1. The van der Waals surface area contributed by atoms with E-state index >= 15 is 0 Å². The number of anilines is 1. The molecule has 0 radical (unpaired) electrons. The van der Waals surface area contributed by atoms with Crippen molar-refractivity contribution in [1.29, 1.82) is 0 Å². The molecule has 8 heteroatoms. The topological polar surface area (TPSA) is 75.3 Å². The lowest BCUT2D eigenvalue weighted by atomic mass is 10.1. The summed E-state index contributed by atoms with van der Waals surface area (Å²) >= 11 is 12.1. The van der Waals surface area contributed by atoms with Gasteiger partial charge in [0, 0.05) is 0 Å². The van der Waals surface area contributed by atoms with Gasteiger partial charge in [-0.15, -0.1) is 0 Å². The zero-order valence-electron chi connectivity index (χ0n) is 14.9. The summed E-state index contributed by atoms with van der Waals surface area (Å²) in [7, 11) is -3.87. The van der Waals surface area contributed by atoms with Crippen molar-refractivity contribution in [1.82, 2.24) is 4.72 Å². The van der Waals surface area contributed by atoms with Gasteiger partial charge >= 0.3 is 0 Å². The molecule has 26 heavy (non-hydrogen) atoms. The number of rotatable bonds is 5. The van der Waals surface area contributed by atoms with Crippen molar-refractivity contribution >= 4 is 44.8 Å². The zero-order chi connectivity index (χ0) is 19.6. The van der Waals surface area contributed by atoms with E-state index in [0.717, 1.165) is 5.56 Å². The smallest absolute Gasteiger partial charge is 0.242 e. The first kappa shape index (κ1) is 20.7. The van der Waals surface area contributed by atoms with Crippen molar-refractivity contribution in [2.45, 2.75) is 38.6 Å². The molecule has 0 aliphatic heterocycles. The van der Waals surface area contributed by atoms with E-state index in [1.54, 1.807) is 44.2 Å². The molecule has 2 aromatic rings. The molecule has 0 aliphatic carbocycles. The van der Waals surface area contributed by atoms with E-state index in [4.69, 9.17) is 23.2 Å². The van der Waals surface area contributed by atoms with Gasteiger partial charge < -0.3 is 5.32 Å². The highest BCUT2D eigenvalue weighted by atomic mass is 35.5. The second-order valence-electron chi connectivity index (χ2n) is 6.16. The molecular formula is C18H20Cl2N2O3S. The number of nitrogens with one attached hydrogen (secondary N) is 2. The van der Waals surface area contributed by atoms with Gasteiger partial charge in [-0.1, -0.05) is 47.0 Å². The number of carbonyl (C=O) groups is 1. The normalized spacial score (nSPS) is 12.7. The van der Waals surface area contributed by atoms with Gasteiger partial charge in [-0.3, -0.25) is 4.79 Å². The van der Waals surface area contributed by atoms with Gasteiger partial charge in [0.05, 0.1) is 26.7 Å². The zero-order valence-corrected chi connectivity index (χ0v) is 17.2. The molecular weight excluding hydrogens is 395 g/mol. The highest BCUT2D eigenvalue weighted by Gasteiger charge is 2.26. The van der Waals surface area contributed by atoms with Crippen molar-refractivity contribution in [3.63, 3.8) is 0 Å². The number of hydrogen-bond acceptors (Lipinski definition) is 3. The molecule has 0 aliphatic rings. The van der Waals surface area contributed by atoms with Crippen LogP contribution in [0.2, 0.25) is 10.0 Å². The van der Waals surface area contributed by atoms with E-state index in [2.05, 4.69) is 10.0 Å². The second-order valence-corrected chi connectivity index (χ2v) is 8.62. The number of halogens is 2. The third kappa shape index (κ3) is 4.57. The third-order valence-corrected chi connectivity index (χ3v) is 6.28. The molecule has 0 bridgehead atoms. The van der Waals surface area contributed by atoms with Gasteiger partial charge in [0.15, 0.2) is 0 Å². The Labute approximate surface area is 163 Å². The van der Waals surface area contributed by atoms with Crippen LogP contribution in [0.5, 0.6) is 0 Å². The summed E-state index contributed by atoms with van der Waals surface area (Å²) in [5.74, 6) is -0.564. The van der Waals surface area contributed by atoms with Gasteiger partial charge in [0.1, 0.15) is 0 Å². The highest BCUT2D eigenvalue weighted by Crippen LogP contribution is 2.30. The van der Waals surface area contributed by atoms with Crippen LogP contribution in [0.15, 0.2) is 35.2 Å². The fourth-order valence-electron chi connectivity index (χ4n) is 2.78. The number of sulfonamides is 1. The van der Waals surface area contributed by atoms with Crippen molar-refractivity contribution in [2.24, 2.45) is 0 Å². The highest BCUT2D eigenvalue weighted by molar-refractivity contribution is 7.89. The van der Waals surface area contributed by atoms with Crippen LogP contribution in [-0.2, 0) is 14.8 Å². The Balaban J connectivity index is 2.23. The molecule has 2 rings (SSSR count). The van der Waals surface area contributed by atoms with E-state index in [0.29, 0.717) is 11.1 Å². The average molecular weight is 415 g/mol. The number of benzene rings is 2. The minimum absolute atomic E-state index is 0.179. The fraction of sp³-hybridized carbons (Fsp3) is 0.278. The summed E-state index contributed by atoms with van der Waals surface area (Å²) in [6, 6.07) is 7.36. The Bertz CT molecular complexity index is 916. The van der Waals surface area contributed by atoms with Crippen LogP contribution >= 0.6 is 23.2 Å². The summed E-state index contributed by atoms with van der Waals surface area (Å²) in [6.07, 6.45) is 0. The maximum atomic E-state index is 12.7. The van der Waals surface area contributed by atoms with Crippen LogP contribution in [0.3, 0.4) is 0 Å². The molecule has 0 spiro atoms. The number of carbonyl (C=O) groups excluding carboxylic acids is 1. The van der Waals surface area contributed by atoms with Gasteiger partial charge in [-0.25, -0.2) is 8.42 Å². The summed E-state index contributed by atoms with van der Waals surface area (Å²) < 4.78 is 27.9. The van der Waals surface area contributed by atoms with Crippen LogP contribution in [-0.4, -0.2) is 20.4 Å². The summed E-state index contributed by atoms with van der Waals surface area (Å²) in [5, 5.41) is 3.10. The maximum absolute atomic E-state index is 12.7. The first-order valence-electron chi connectivity index (χ1n) is 7.88. The van der Waals surface area contributed by atoms with Crippen LogP contribution in [0.25, 0.3) is 0 Å². The van der Waals surface area contributed by atoms with Crippen molar-refractivity contribution in [3.8, 4) is 0 Å². The van der Waals surface area contributed by atoms with Crippen LogP contribution < -0.4 is 10.0 Å². The van der Waals surface area contributed by atoms with E-state index in [1.807, 2.05) is 6.92 Å². The lowest BCUT2D eigenvalue weighted by Gasteiger charge is -2.18. The quantitative estimate of drug-likeness (QED) is 0.768. The standard InChI is InChI=1S/C18H20Cl2N2O3S/c1-10-8-11(2)17(12(3)9-10)26(24,25)22-13(4)18(23)21-16-14(19)6-5-7-15(16)20/h5-9,13,22H,1-4H3,(H,21,23). The molecule has 1 unspecified atom stereocenters. The molecule has 0 saturated heterocycles. The Morgan fingerprint density at radius 3 is 2.04 bits per heavy atom. The lowest BCUT2D eigenvalue weighted by Crippen LogP contribution is -2.42. The summed E-state index contributed by atoms with van der Waals surface area (Å²) in [5.41, 5.74) is 2.46. The maximum Gasteiger partial charge on any atom is 0.242 e. The van der Waals surface area contributed by atoms with Crippen molar-refractivity contribution in [3.05, 3.63) is 57.1 Å². The molecule has 1 amide bonds. The largest absolute Gasteiger partial charge is 0.322 e.